The molecule has 5 heteroatoms. The Morgan fingerprint density at radius 3 is 2.83 bits per heavy atom. The van der Waals surface area contributed by atoms with Gasteiger partial charge in [-0.25, -0.2) is 8.78 Å². The molecule has 98 valence electrons. The Morgan fingerprint density at radius 1 is 1.44 bits per heavy atom. The first-order valence-corrected chi connectivity index (χ1v) is 6.00. The van der Waals surface area contributed by atoms with E-state index in [0.29, 0.717) is 5.56 Å². The first-order chi connectivity index (χ1) is 8.58. The molecule has 0 aromatic heterocycles. The first kappa shape index (κ1) is 13.0. The topological polar surface area (TPSA) is 32.3 Å². The van der Waals surface area contributed by atoms with Crippen molar-refractivity contribution in [3.05, 3.63) is 35.4 Å². The van der Waals surface area contributed by atoms with E-state index in [1.54, 1.807) is 7.05 Å². The second kappa shape index (κ2) is 5.44. The number of benzene rings is 1. The summed E-state index contributed by atoms with van der Waals surface area (Å²) in [5, 5.41) is 3.12. The van der Waals surface area contributed by atoms with E-state index in [-0.39, 0.29) is 18.5 Å². The minimum Gasteiger partial charge on any atom is -0.340 e. The van der Waals surface area contributed by atoms with Crippen LogP contribution < -0.4 is 5.32 Å². The lowest BCUT2D eigenvalue weighted by Gasteiger charge is -2.21. The summed E-state index contributed by atoms with van der Waals surface area (Å²) in [4.78, 5) is 13.5. The van der Waals surface area contributed by atoms with Gasteiger partial charge in [-0.2, -0.15) is 0 Å². The number of amides is 1. The number of nitrogens with one attached hydrogen (secondary N) is 1. The zero-order chi connectivity index (χ0) is 13.1. The lowest BCUT2D eigenvalue weighted by molar-refractivity contribution is -0.132. The van der Waals surface area contributed by atoms with Gasteiger partial charge in [-0.05, 0) is 37.1 Å². The fraction of sp³-hybridized carbons (Fsp3) is 0.462. The van der Waals surface area contributed by atoms with Crippen molar-refractivity contribution in [2.45, 2.75) is 25.4 Å². The number of hydrogen-bond acceptors (Lipinski definition) is 2. The van der Waals surface area contributed by atoms with Crippen LogP contribution in [0.4, 0.5) is 8.78 Å². The fourth-order valence-electron chi connectivity index (χ4n) is 2.15. The summed E-state index contributed by atoms with van der Waals surface area (Å²) < 4.78 is 25.8. The Morgan fingerprint density at radius 2 is 2.22 bits per heavy atom. The van der Waals surface area contributed by atoms with Crippen LogP contribution in [0.2, 0.25) is 0 Å². The minimum absolute atomic E-state index is 0.00256. The molecule has 1 unspecified atom stereocenters. The number of hydrogen-bond donors (Lipinski definition) is 1. The highest BCUT2D eigenvalue weighted by Crippen LogP contribution is 2.13. The van der Waals surface area contributed by atoms with E-state index >= 15 is 0 Å². The second-order valence-corrected chi connectivity index (χ2v) is 4.59. The molecule has 1 heterocycles. The van der Waals surface area contributed by atoms with Crippen LogP contribution in [0, 0.1) is 11.6 Å². The summed E-state index contributed by atoms with van der Waals surface area (Å²) in [6, 6.07) is 3.56. The molecule has 0 saturated carbocycles. The van der Waals surface area contributed by atoms with Crippen molar-refractivity contribution in [1.29, 1.82) is 0 Å². The van der Waals surface area contributed by atoms with Crippen molar-refractivity contribution in [3.63, 3.8) is 0 Å². The lowest BCUT2D eigenvalue weighted by Crippen LogP contribution is -2.41. The Labute approximate surface area is 105 Å². The van der Waals surface area contributed by atoms with Gasteiger partial charge < -0.3 is 10.2 Å². The van der Waals surface area contributed by atoms with Gasteiger partial charge >= 0.3 is 0 Å². The largest absolute Gasteiger partial charge is 0.340 e. The van der Waals surface area contributed by atoms with Gasteiger partial charge in [0.1, 0.15) is 0 Å². The zero-order valence-corrected chi connectivity index (χ0v) is 10.2. The van der Waals surface area contributed by atoms with E-state index in [4.69, 9.17) is 0 Å². The van der Waals surface area contributed by atoms with Crippen LogP contribution in [0.15, 0.2) is 18.2 Å². The molecule has 1 aliphatic rings. The number of carbonyl (C=O) groups is 1. The van der Waals surface area contributed by atoms with E-state index in [0.717, 1.165) is 31.5 Å². The molecule has 0 spiro atoms. The Balaban J connectivity index is 1.99. The predicted octanol–water partition coefficient (Wildman–Crippen LogP) is 1.68. The third-order valence-corrected chi connectivity index (χ3v) is 3.14. The standard InChI is InChI=1S/C13H16F2N2O/c1-17(13(18)12-3-2-6-16-12)8-9-4-5-10(14)11(15)7-9/h4-5,7,12,16H,2-3,6,8H2,1H3. The Kier molecular flexibility index (Phi) is 3.91. The van der Waals surface area contributed by atoms with E-state index in [9.17, 15) is 13.6 Å². The van der Waals surface area contributed by atoms with E-state index < -0.39 is 11.6 Å². The molecular weight excluding hydrogens is 238 g/mol. The minimum atomic E-state index is -0.882. The molecule has 3 nitrogen and oxygen atoms in total. The van der Waals surface area contributed by atoms with Crippen LogP contribution in [0.3, 0.4) is 0 Å². The van der Waals surface area contributed by atoms with Crippen molar-refractivity contribution in [1.82, 2.24) is 10.2 Å². The van der Waals surface area contributed by atoms with Crippen LogP contribution in [0.25, 0.3) is 0 Å². The van der Waals surface area contributed by atoms with E-state index in [2.05, 4.69) is 5.32 Å². The predicted molar refractivity (Wildman–Crippen MR) is 63.9 cm³/mol. The molecule has 1 saturated heterocycles. The molecule has 2 rings (SSSR count). The summed E-state index contributed by atoms with van der Waals surface area (Å²) in [6.07, 6.45) is 1.83. The van der Waals surface area contributed by atoms with Crippen LogP contribution in [0.1, 0.15) is 18.4 Å². The molecule has 1 N–H and O–H groups in total. The molecular formula is C13H16F2N2O. The monoisotopic (exact) mass is 254 g/mol. The highest BCUT2D eigenvalue weighted by molar-refractivity contribution is 5.81. The summed E-state index contributed by atoms with van der Waals surface area (Å²) in [6.45, 7) is 1.14. The average Bonchev–Trinajstić information content (AvgIpc) is 2.86. The van der Waals surface area contributed by atoms with Gasteiger partial charge in [-0.15, -0.1) is 0 Å². The average molecular weight is 254 g/mol. The number of likely N-dealkylation sites (N-methyl/N-ethyl adjacent to an activating group) is 1. The van der Waals surface area contributed by atoms with Crippen LogP contribution >= 0.6 is 0 Å². The zero-order valence-electron chi connectivity index (χ0n) is 10.2. The molecule has 0 bridgehead atoms. The third-order valence-electron chi connectivity index (χ3n) is 3.14. The highest BCUT2D eigenvalue weighted by Gasteiger charge is 2.24. The summed E-state index contributed by atoms with van der Waals surface area (Å²) in [7, 11) is 1.67. The van der Waals surface area contributed by atoms with Crippen molar-refractivity contribution in [2.24, 2.45) is 0 Å². The molecule has 1 amide bonds. The number of carbonyl (C=O) groups excluding carboxylic acids is 1. The smallest absolute Gasteiger partial charge is 0.239 e. The SMILES string of the molecule is CN(Cc1ccc(F)c(F)c1)C(=O)C1CCCN1. The van der Waals surface area contributed by atoms with Gasteiger partial charge in [0.2, 0.25) is 5.91 Å². The lowest BCUT2D eigenvalue weighted by atomic mass is 10.1. The van der Waals surface area contributed by atoms with E-state index in [1.165, 1.54) is 11.0 Å². The maximum absolute atomic E-state index is 13.0. The van der Waals surface area contributed by atoms with Gasteiger partial charge in [-0.3, -0.25) is 4.79 Å². The molecule has 1 atom stereocenters. The molecule has 1 aromatic carbocycles. The van der Waals surface area contributed by atoms with Crippen molar-refractivity contribution < 1.29 is 13.6 Å². The molecule has 1 aromatic rings. The summed E-state index contributed by atoms with van der Waals surface area (Å²) in [5.74, 6) is -1.75. The quantitative estimate of drug-likeness (QED) is 0.890. The third kappa shape index (κ3) is 2.85. The number of nitrogens with zero attached hydrogens (tertiary/aromatic N) is 1. The van der Waals surface area contributed by atoms with Gasteiger partial charge in [0.15, 0.2) is 11.6 Å². The molecule has 1 fully saturated rings. The maximum Gasteiger partial charge on any atom is 0.239 e. The van der Waals surface area contributed by atoms with Gasteiger partial charge in [0.05, 0.1) is 6.04 Å². The maximum atomic E-state index is 13.0. The Hall–Kier alpha value is -1.49. The van der Waals surface area contributed by atoms with E-state index in [1.807, 2.05) is 0 Å². The molecule has 0 radical (unpaired) electrons. The number of halogens is 2. The van der Waals surface area contributed by atoms with Gasteiger partial charge in [0.25, 0.3) is 0 Å². The second-order valence-electron chi connectivity index (χ2n) is 4.59. The van der Waals surface area contributed by atoms with Crippen LogP contribution in [-0.4, -0.2) is 30.4 Å². The summed E-state index contributed by atoms with van der Waals surface area (Å²) >= 11 is 0. The Bertz CT molecular complexity index is 445. The van der Waals surface area contributed by atoms with Gasteiger partial charge in [-0.1, -0.05) is 6.07 Å². The van der Waals surface area contributed by atoms with Crippen molar-refractivity contribution >= 4 is 5.91 Å². The first-order valence-electron chi connectivity index (χ1n) is 6.00. The molecule has 18 heavy (non-hydrogen) atoms. The van der Waals surface area contributed by atoms with Crippen molar-refractivity contribution in [3.8, 4) is 0 Å². The fourth-order valence-corrected chi connectivity index (χ4v) is 2.15. The number of rotatable bonds is 3. The highest BCUT2D eigenvalue weighted by atomic mass is 19.2. The summed E-state index contributed by atoms with van der Waals surface area (Å²) in [5.41, 5.74) is 0.586. The normalized spacial score (nSPS) is 18.9. The van der Waals surface area contributed by atoms with Crippen LogP contribution in [0.5, 0.6) is 0 Å². The molecule has 1 aliphatic heterocycles. The molecule has 0 aliphatic carbocycles. The van der Waals surface area contributed by atoms with Crippen LogP contribution in [-0.2, 0) is 11.3 Å². The van der Waals surface area contributed by atoms with Gasteiger partial charge in [0, 0.05) is 13.6 Å². The van der Waals surface area contributed by atoms with Crippen molar-refractivity contribution in [2.75, 3.05) is 13.6 Å².